The van der Waals surface area contributed by atoms with E-state index in [1.807, 2.05) is 83.1 Å². The number of hydrogen-bond donors (Lipinski definition) is 0. The Morgan fingerprint density at radius 3 is 0.815 bits per heavy atom. The topological polar surface area (TPSA) is 158 Å². The highest BCUT2D eigenvalue weighted by Gasteiger charge is 2.48. The van der Waals surface area contributed by atoms with Gasteiger partial charge in [-0.05, 0) is 232 Å². The maximum Gasteiger partial charge on any atom is 0.309 e. The smallest absolute Gasteiger partial charge is 0.309 e. The fourth-order valence-corrected chi connectivity index (χ4v) is 13.8. The molecule has 6 rings (SSSR count). The van der Waals surface area contributed by atoms with Crippen molar-refractivity contribution in [3.8, 4) is 0 Å². The fourth-order valence-electron chi connectivity index (χ4n) is 13.8. The van der Waals surface area contributed by atoms with Crippen LogP contribution in [0.1, 0.15) is 402 Å². The molecular weight excluding hydrogens is 1150 g/mol. The van der Waals surface area contributed by atoms with Crippen molar-refractivity contribution in [2.75, 3.05) is 0 Å². The van der Waals surface area contributed by atoms with Crippen molar-refractivity contribution in [2.24, 2.45) is 40.9 Å². The average molecular weight is 1300 g/mol. The summed E-state index contributed by atoms with van der Waals surface area (Å²) in [6, 6.07) is 0. The van der Waals surface area contributed by atoms with Crippen molar-refractivity contribution < 1.29 is 57.2 Å². The minimum Gasteiger partial charge on any atom is -0.459 e. The Labute approximate surface area is 566 Å². The molecule has 0 saturated heterocycles. The van der Waals surface area contributed by atoms with Gasteiger partial charge in [-0.25, -0.2) is 0 Å². The van der Waals surface area contributed by atoms with Crippen LogP contribution in [0.25, 0.3) is 0 Å². The first kappa shape index (κ1) is 86.8. The Bertz CT molecular complexity index is 1990. The number of unbranched alkanes of at least 4 members (excludes halogenated alkanes) is 1. The van der Waals surface area contributed by atoms with Gasteiger partial charge in [0.2, 0.25) is 0 Å². The molecule has 6 aliphatic carbocycles. The number of carbonyl (C=O) groups is 6. The van der Waals surface area contributed by atoms with Gasteiger partial charge in [0.25, 0.3) is 0 Å². The van der Waals surface area contributed by atoms with Gasteiger partial charge in [0, 0.05) is 5.41 Å². The van der Waals surface area contributed by atoms with Gasteiger partial charge in [0.15, 0.2) is 0 Å². The van der Waals surface area contributed by atoms with Crippen LogP contribution in [0.15, 0.2) is 0 Å². The summed E-state index contributed by atoms with van der Waals surface area (Å²) in [5, 5.41) is 0. The molecule has 0 amide bonds. The lowest BCUT2D eigenvalue weighted by molar-refractivity contribution is -0.177. The molecule has 540 valence electrons. The van der Waals surface area contributed by atoms with E-state index < -0.39 is 0 Å². The Morgan fingerprint density at radius 1 is 0.304 bits per heavy atom. The molecule has 6 unspecified atom stereocenters. The lowest BCUT2D eigenvalue weighted by Crippen LogP contribution is -2.45. The number of carbonyl (C=O) groups excluding carboxylic acids is 6. The Morgan fingerprint density at radius 2 is 0.543 bits per heavy atom. The first-order chi connectivity index (χ1) is 43.4. The molecule has 6 aliphatic rings. The molecule has 6 saturated carbocycles. The molecule has 0 spiro atoms. The molecule has 6 fully saturated rings. The van der Waals surface area contributed by atoms with Crippen molar-refractivity contribution in [3.63, 3.8) is 0 Å². The highest BCUT2D eigenvalue weighted by atomic mass is 16.6. The van der Waals surface area contributed by atoms with Gasteiger partial charge in [-0.2, -0.15) is 0 Å². The van der Waals surface area contributed by atoms with E-state index in [-0.39, 0.29) is 110 Å². The summed E-state index contributed by atoms with van der Waals surface area (Å²) in [6.07, 6.45) is 45.0. The summed E-state index contributed by atoms with van der Waals surface area (Å²) in [5.41, 5.74) is -0.781. The van der Waals surface area contributed by atoms with Crippen molar-refractivity contribution in [1.82, 2.24) is 0 Å². The van der Waals surface area contributed by atoms with Crippen LogP contribution in [0.2, 0.25) is 0 Å². The summed E-state index contributed by atoms with van der Waals surface area (Å²) >= 11 is 0. The summed E-state index contributed by atoms with van der Waals surface area (Å²) in [5.74, 6) is 0.293. The van der Waals surface area contributed by atoms with E-state index in [0.717, 1.165) is 154 Å². The summed E-state index contributed by atoms with van der Waals surface area (Å²) < 4.78 is 34.6. The zero-order valence-corrected chi connectivity index (χ0v) is 63.9. The fraction of sp³-hybridized carbons (Fsp3) is 0.925. The van der Waals surface area contributed by atoms with Crippen LogP contribution >= 0.6 is 0 Å². The molecule has 0 aromatic heterocycles. The largest absolute Gasteiger partial charge is 0.459 e. The second-order valence-electron chi connectivity index (χ2n) is 31.1. The van der Waals surface area contributed by atoms with E-state index in [1.54, 1.807) is 0 Å². The van der Waals surface area contributed by atoms with Crippen molar-refractivity contribution in [2.45, 2.75) is 435 Å². The van der Waals surface area contributed by atoms with Gasteiger partial charge in [0.05, 0.1) is 35.5 Å². The highest BCUT2D eigenvalue weighted by Crippen LogP contribution is 2.47. The number of hydrogen-bond acceptors (Lipinski definition) is 12. The van der Waals surface area contributed by atoms with Crippen LogP contribution in [0, 0.1) is 40.9 Å². The first-order valence-corrected chi connectivity index (χ1v) is 38.8. The van der Waals surface area contributed by atoms with Gasteiger partial charge < -0.3 is 28.4 Å². The average Bonchev–Trinajstić information content (AvgIpc) is 1.57. The molecule has 0 bridgehead atoms. The molecule has 0 radical (unpaired) electrons. The zero-order chi connectivity index (χ0) is 69.7. The van der Waals surface area contributed by atoms with Gasteiger partial charge in [-0.15, -0.1) is 0 Å². The molecular formula is C80H148O12. The van der Waals surface area contributed by atoms with Gasteiger partial charge in [0.1, 0.15) is 33.6 Å². The van der Waals surface area contributed by atoms with E-state index in [4.69, 9.17) is 28.4 Å². The summed E-state index contributed by atoms with van der Waals surface area (Å²) in [7, 11) is 0. The second kappa shape index (κ2) is 44.6. The first-order valence-electron chi connectivity index (χ1n) is 38.8. The standard InChI is InChI=1S/3C14H26O2.2C13H24O2.C12H22O2/c1-6-11(2)12(15)16-14(13(3,4)5)9-7-8-10-14;1-4-9-14(10-7-6-8-11-14)16-13(15)12(3)5-2;1-4-6-9-14(10-7-8-11-14)16-13(15)12(3)5-2;1-4-11(3)12(14)15-13(5-2)9-7-6-8-10-13;1-4-8-13(9-6-7-10-13)15-12(14)11(3)5-2;1-4-10(2)11(13)14-12(3)8-6-5-7-9-12/h11H,6-10H2,1-5H3;2*12H,4-11H2,1-3H3;2*11H,4-10H2,1-3H3;10H,4-9H2,1-3H3. The second-order valence-corrected chi connectivity index (χ2v) is 31.1. The maximum absolute atomic E-state index is 12.0. The van der Waals surface area contributed by atoms with Gasteiger partial charge >= 0.3 is 35.8 Å². The maximum atomic E-state index is 12.0. The predicted molar refractivity (Wildman–Crippen MR) is 379 cm³/mol. The molecule has 0 heterocycles. The normalized spacial score (nSPS) is 21.7. The Hall–Kier alpha value is -3.18. The minimum atomic E-state index is -0.215. The van der Waals surface area contributed by atoms with Crippen LogP contribution in [0.4, 0.5) is 0 Å². The molecule has 92 heavy (non-hydrogen) atoms. The highest BCUT2D eigenvalue weighted by molar-refractivity contribution is 5.74. The molecule has 0 aliphatic heterocycles. The molecule has 12 nitrogen and oxygen atoms in total. The summed E-state index contributed by atoms with van der Waals surface area (Å²) in [6.45, 7) is 41.2. The SMILES string of the molecule is CCC(C)C(=O)OC1(C(C)(C)C)CCCC1.CCC(C)C(=O)OC1(C)CCCCC1.CCC(C)C(=O)OC1(CC)CCCCC1.CCCC1(OC(=O)C(C)CC)CCCC1.CCCC1(OC(=O)C(C)CC)CCCCC1.CCCCC1(OC(=O)C(C)CC)CCCC1. The van der Waals surface area contributed by atoms with Gasteiger partial charge in [-0.3, -0.25) is 28.8 Å². The van der Waals surface area contributed by atoms with E-state index in [9.17, 15) is 28.8 Å². The van der Waals surface area contributed by atoms with E-state index in [1.165, 1.54) is 109 Å². The lowest BCUT2D eigenvalue weighted by atomic mass is 9.75. The number of ether oxygens (including phenoxy) is 6. The van der Waals surface area contributed by atoms with E-state index in [0.29, 0.717) is 0 Å². The molecule has 0 N–H and O–H groups in total. The van der Waals surface area contributed by atoms with Crippen LogP contribution in [0.5, 0.6) is 0 Å². The monoisotopic (exact) mass is 1300 g/mol. The third-order valence-electron chi connectivity index (χ3n) is 22.3. The Balaban J connectivity index is 0.000000552. The number of rotatable bonds is 26. The third kappa shape index (κ3) is 30.5. The third-order valence-corrected chi connectivity index (χ3v) is 22.3. The molecule has 6 atom stereocenters. The molecule has 12 heteroatoms. The molecule has 0 aromatic carbocycles. The van der Waals surface area contributed by atoms with E-state index >= 15 is 0 Å². The lowest BCUT2D eigenvalue weighted by Gasteiger charge is -2.41. The summed E-state index contributed by atoms with van der Waals surface area (Å²) in [4.78, 5) is 70.9. The Kier molecular flexibility index (Phi) is 42.1. The van der Waals surface area contributed by atoms with Crippen LogP contribution < -0.4 is 0 Å². The predicted octanol–water partition coefficient (Wildman–Crippen LogP) is 22.8. The van der Waals surface area contributed by atoms with Crippen LogP contribution in [0.3, 0.4) is 0 Å². The number of esters is 6. The zero-order valence-electron chi connectivity index (χ0n) is 63.9. The van der Waals surface area contributed by atoms with Crippen LogP contribution in [-0.2, 0) is 57.2 Å². The molecule has 0 aromatic rings. The minimum absolute atomic E-state index is 0.00116. The van der Waals surface area contributed by atoms with Crippen molar-refractivity contribution in [3.05, 3.63) is 0 Å². The van der Waals surface area contributed by atoms with Crippen molar-refractivity contribution >= 4 is 35.8 Å². The quantitative estimate of drug-likeness (QED) is 0.0597. The van der Waals surface area contributed by atoms with Crippen molar-refractivity contribution in [1.29, 1.82) is 0 Å². The van der Waals surface area contributed by atoms with Crippen LogP contribution in [-0.4, -0.2) is 69.4 Å². The van der Waals surface area contributed by atoms with E-state index in [2.05, 4.69) is 55.4 Å². The van der Waals surface area contributed by atoms with Gasteiger partial charge in [-0.1, -0.05) is 170 Å².